The normalized spacial score (nSPS) is 12.3. The van der Waals surface area contributed by atoms with Crippen LogP contribution in [0.3, 0.4) is 0 Å². The van der Waals surface area contributed by atoms with Crippen LogP contribution in [-0.4, -0.2) is 0 Å². The van der Waals surface area contributed by atoms with Crippen LogP contribution in [0.1, 0.15) is 35.1 Å². The molecule has 0 fully saturated rings. The van der Waals surface area contributed by atoms with Crippen molar-refractivity contribution in [3.05, 3.63) is 33.3 Å². The minimum atomic E-state index is -0.0897. The molecule has 14 heavy (non-hydrogen) atoms. The lowest BCUT2D eigenvalue weighted by Gasteiger charge is -2.14. The zero-order chi connectivity index (χ0) is 10.9. The highest BCUT2D eigenvalue weighted by atomic mass is 35.5. The van der Waals surface area contributed by atoms with Gasteiger partial charge in [-0.1, -0.05) is 17.7 Å². The quantitative estimate of drug-likeness (QED) is 0.686. The maximum atomic E-state index is 8.90. The highest BCUT2D eigenvalue weighted by Crippen LogP contribution is 2.31. The van der Waals surface area contributed by atoms with Crippen molar-refractivity contribution < 1.29 is 0 Å². The molecule has 2 heteroatoms. The highest BCUT2D eigenvalue weighted by molar-refractivity contribution is 6.32. The minimum absolute atomic E-state index is 0.0897. The number of nitriles is 1. The summed E-state index contributed by atoms with van der Waals surface area (Å²) in [5, 5.41) is 9.69. The summed E-state index contributed by atoms with van der Waals surface area (Å²) >= 11 is 6.15. The lowest BCUT2D eigenvalue weighted by atomic mass is 9.91. The Morgan fingerprint density at radius 3 is 2.36 bits per heavy atom. The molecule has 0 saturated carbocycles. The first-order valence-corrected chi connectivity index (χ1v) is 5.02. The molecule has 0 aliphatic heterocycles. The second-order valence-electron chi connectivity index (χ2n) is 3.71. The summed E-state index contributed by atoms with van der Waals surface area (Å²) in [6.07, 6.45) is 0. The number of benzene rings is 1. The molecule has 0 heterocycles. The second kappa shape index (κ2) is 4.02. The molecule has 1 unspecified atom stereocenters. The molecular formula is C12H14ClN. The molecule has 1 atom stereocenters. The molecule has 74 valence electrons. The van der Waals surface area contributed by atoms with E-state index >= 15 is 0 Å². The molecule has 1 aromatic rings. The largest absolute Gasteiger partial charge is 0.198 e. The van der Waals surface area contributed by atoms with E-state index in [0.717, 1.165) is 27.3 Å². The van der Waals surface area contributed by atoms with Gasteiger partial charge in [-0.3, -0.25) is 0 Å². The van der Waals surface area contributed by atoms with Crippen LogP contribution in [0.4, 0.5) is 0 Å². The summed E-state index contributed by atoms with van der Waals surface area (Å²) in [5.41, 5.74) is 4.34. The van der Waals surface area contributed by atoms with E-state index in [1.54, 1.807) is 0 Å². The zero-order valence-electron chi connectivity index (χ0n) is 8.98. The van der Waals surface area contributed by atoms with Crippen LogP contribution in [-0.2, 0) is 0 Å². The summed E-state index contributed by atoms with van der Waals surface area (Å²) in [7, 11) is 0. The van der Waals surface area contributed by atoms with Gasteiger partial charge in [-0.15, -0.1) is 0 Å². The Hall–Kier alpha value is -1.00. The average Bonchev–Trinajstić information content (AvgIpc) is 2.14. The van der Waals surface area contributed by atoms with Gasteiger partial charge >= 0.3 is 0 Å². The van der Waals surface area contributed by atoms with Gasteiger partial charge in [0.2, 0.25) is 0 Å². The molecule has 0 saturated heterocycles. The van der Waals surface area contributed by atoms with E-state index < -0.39 is 0 Å². The highest BCUT2D eigenvalue weighted by Gasteiger charge is 2.14. The third-order valence-corrected chi connectivity index (χ3v) is 3.15. The summed E-state index contributed by atoms with van der Waals surface area (Å²) in [6, 6.07) is 4.29. The number of hydrogen-bond acceptors (Lipinski definition) is 1. The maximum Gasteiger partial charge on any atom is 0.0701 e. The number of nitrogens with zero attached hydrogens (tertiary/aromatic N) is 1. The van der Waals surface area contributed by atoms with E-state index in [9.17, 15) is 0 Å². The van der Waals surface area contributed by atoms with Gasteiger partial charge in [-0.05, 0) is 49.9 Å². The summed E-state index contributed by atoms with van der Waals surface area (Å²) in [5.74, 6) is -0.0897. The zero-order valence-corrected chi connectivity index (χ0v) is 9.74. The Bertz CT molecular complexity index is 402. The predicted octanol–water partition coefficient (Wildman–Crippen LogP) is 3.89. The summed E-state index contributed by atoms with van der Waals surface area (Å²) in [4.78, 5) is 0. The number of aryl methyl sites for hydroxylation is 2. The van der Waals surface area contributed by atoms with Crippen LogP contribution < -0.4 is 0 Å². The Labute approximate surface area is 90.3 Å². The average molecular weight is 208 g/mol. The van der Waals surface area contributed by atoms with Crippen molar-refractivity contribution in [1.82, 2.24) is 0 Å². The van der Waals surface area contributed by atoms with Gasteiger partial charge in [0, 0.05) is 5.02 Å². The van der Waals surface area contributed by atoms with E-state index in [1.165, 1.54) is 0 Å². The standard InChI is InChI=1S/C12H14ClN/c1-7-5-8(2)12(13)10(4)11(7)9(3)6-14/h5,9H,1-4H3. The second-order valence-corrected chi connectivity index (χ2v) is 4.09. The van der Waals surface area contributed by atoms with Crippen molar-refractivity contribution in [1.29, 1.82) is 5.26 Å². The molecule has 1 aromatic carbocycles. The van der Waals surface area contributed by atoms with Gasteiger partial charge in [-0.25, -0.2) is 0 Å². The first-order chi connectivity index (χ1) is 6.49. The van der Waals surface area contributed by atoms with Crippen molar-refractivity contribution in [2.45, 2.75) is 33.6 Å². The van der Waals surface area contributed by atoms with Gasteiger partial charge in [0.05, 0.1) is 12.0 Å². The van der Waals surface area contributed by atoms with Crippen LogP contribution in [0.5, 0.6) is 0 Å². The summed E-state index contributed by atoms with van der Waals surface area (Å²) in [6.45, 7) is 7.90. The minimum Gasteiger partial charge on any atom is -0.198 e. The molecule has 1 nitrogen and oxygen atoms in total. The van der Waals surface area contributed by atoms with Crippen molar-refractivity contribution >= 4 is 11.6 Å². The Morgan fingerprint density at radius 2 is 1.86 bits per heavy atom. The molecule has 0 radical (unpaired) electrons. The van der Waals surface area contributed by atoms with Gasteiger partial charge in [0.1, 0.15) is 0 Å². The fraction of sp³-hybridized carbons (Fsp3) is 0.417. The Morgan fingerprint density at radius 1 is 1.29 bits per heavy atom. The van der Waals surface area contributed by atoms with E-state index in [2.05, 4.69) is 6.07 Å². The number of halogens is 1. The molecule has 0 N–H and O–H groups in total. The maximum absolute atomic E-state index is 8.90. The first kappa shape index (κ1) is 11.1. The molecule has 0 aliphatic rings. The van der Waals surface area contributed by atoms with Crippen LogP contribution >= 0.6 is 11.6 Å². The third-order valence-electron chi connectivity index (χ3n) is 2.56. The molecule has 0 bridgehead atoms. The fourth-order valence-corrected chi connectivity index (χ4v) is 2.06. The Kier molecular flexibility index (Phi) is 3.18. The third kappa shape index (κ3) is 1.76. The monoisotopic (exact) mass is 207 g/mol. The molecule has 0 aromatic heterocycles. The number of rotatable bonds is 1. The smallest absolute Gasteiger partial charge is 0.0701 e. The molecule has 1 rings (SSSR count). The summed E-state index contributed by atoms with van der Waals surface area (Å²) < 4.78 is 0. The Balaban J connectivity index is 3.45. The van der Waals surface area contributed by atoms with Crippen molar-refractivity contribution in [3.63, 3.8) is 0 Å². The van der Waals surface area contributed by atoms with E-state index in [1.807, 2.05) is 33.8 Å². The first-order valence-electron chi connectivity index (χ1n) is 4.64. The van der Waals surface area contributed by atoms with Crippen LogP contribution in [0, 0.1) is 32.1 Å². The molecule has 0 aliphatic carbocycles. The molecule has 0 amide bonds. The van der Waals surface area contributed by atoms with Gasteiger partial charge in [-0.2, -0.15) is 5.26 Å². The lowest BCUT2D eigenvalue weighted by molar-refractivity contribution is 0.948. The lowest BCUT2D eigenvalue weighted by Crippen LogP contribution is -1.99. The van der Waals surface area contributed by atoms with Crippen LogP contribution in [0.15, 0.2) is 6.07 Å². The SMILES string of the molecule is Cc1cc(C)c(C(C)C#N)c(C)c1Cl. The topological polar surface area (TPSA) is 23.8 Å². The molecular weight excluding hydrogens is 194 g/mol. The van der Waals surface area contributed by atoms with Gasteiger partial charge in [0.15, 0.2) is 0 Å². The van der Waals surface area contributed by atoms with E-state index in [-0.39, 0.29) is 5.92 Å². The molecule has 0 spiro atoms. The number of hydrogen-bond donors (Lipinski definition) is 0. The van der Waals surface area contributed by atoms with Crippen LogP contribution in [0.25, 0.3) is 0 Å². The van der Waals surface area contributed by atoms with Gasteiger partial charge < -0.3 is 0 Å². The van der Waals surface area contributed by atoms with E-state index in [0.29, 0.717) is 0 Å². The fourth-order valence-electron chi connectivity index (χ4n) is 1.91. The van der Waals surface area contributed by atoms with Crippen molar-refractivity contribution in [3.8, 4) is 6.07 Å². The van der Waals surface area contributed by atoms with Crippen molar-refractivity contribution in [2.24, 2.45) is 0 Å². The van der Waals surface area contributed by atoms with Crippen molar-refractivity contribution in [2.75, 3.05) is 0 Å². The van der Waals surface area contributed by atoms with Gasteiger partial charge in [0.25, 0.3) is 0 Å². The van der Waals surface area contributed by atoms with E-state index in [4.69, 9.17) is 16.9 Å². The van der Waals surface area contributed by atoms with Crippen LogP contribution in [0.2, 0.25) is 5.02 Å². The predicted molar refractivity (Wildman–Crippen MR) is 59.7 cm³/mol.